The van der Waals surface area contributed by atoms with Gasteiger partial charge in [0.25, 0.3) is 0 Å². The molecule has 1 amide bonds. The topological polar surface area (TPSA) is 85.8 Å². The first-order valence-electron chi connectivity index (χ1n) is 7.93. The number of carbonyl (C=O) groups excluding carboxylic acids is 1. The van der Waals surface area contributed by atoms with Gasteiger partial charge in [-0.2, -0.15) is 4.80 Å². The third-order valence-corrected chi connectivity index (χ3v) is 3.74. The number of furan rings is 1. The summed E-state index contributed by atoms with van der Waals surface area (Å²) in [4.78, 5) is 13.6. The average molecular weight is 325 g/mol. The molecule has 0 atom stereocenters. The summed E-state index contributed by atoms with van der Waals surface area (Å²) < 4.78 is 5.22. The van der Waals surface area contributed by atoms with Crippen LogP contribution < -0.4 is 5.32 Å². The molecule has 0 unspecified atom stereocenters. The summed E-state index contributed by atoms with van der Waals surface area (Å²) in [7, 11) is 0. The van der Waals surface area contributed by atoms with Gasteiger partial charge in [-0.25, -0.2) is 0 Å². The zero-order valence-corrected chi connectivity index (χ0v) is 13.7. The summed E-state index contributed by atoms with van der Waals surface area (Å²) in [5, 5.41) is 14.9. The van der Waals surface area contributed by atoms with Crippen molar-refractivity contribution < 1.29 is 9.21 Å². The molecule has 1 N–H and O–H groups in total. The van der Waals surface area contributed by atoms with Crippen LogP contribution in [0.4, 0.5) is 5.69 Å². The molecular weight excluding hydrogens is 306 g/mol. The van der Waals surface area contributed by atoms with Crippen LogP contribution in [0.3, 0.4) is 0 Å². The Kier molecular flexibility index (Phi) is 4.69. The molecule has 124 valence electrons. The second-order valence-corrected chi connectivity index (χ2v) is 5.33. The Labute approximate surface area is 139 Å². The van der Waals surface area contributed by atoms with Gasteiger partial charge in [0.15, 0.2) is 5.76 Å². The number of rotatable bonds is 6. The van der Waals surface area contributed by atoms with E-state index in [1.54, 1.807) is 12.1 Å². The number of benzene rings is 1. The van der Waals surface area contributed by atoms with Crippen LogP contribution >= 0.6 is 0 Å². The molecule has 24 heavy (non-hydrogen) atoms. The average Bonchev–Trinajstić information content (AvgIpc) is 3.26. The van der Waals surface area contributed by atoms with Crippen LogP contribution in [0.25, 0.3) is 11.6 Å². The van der Waals surface area contributed by atoms with Crippen molar-refractivity contribution in [3.8, 4) is 11.6 Å². The second kappa shape index (κ2) is 7.08. The van der Waals surface area contributed by atoms with Gasteiger partial charge in [0.05, 0.1) is 6.26 Å². The summed E-state index contributed by atoms with van der Waals surface area (Å²) >= 11 is 0. The third kappa shape index (κ3) is 3.34. The molecule has 0 saturated carbocycles. The molecule has 3 rings (SSSR count). The minimum Gasteiger partial charge on any atom is -0.461 e. The van der Waals surface area contributed by atoms with Crippen LogP contribution in [0.2, 0.25) is 0 Å². The van der Waals surface area contributed by atoms with Crippen molar-refractivity contribution in [2.24, 2.45) is 0 Å². The summed E-state index contributed by atoms with van der Waals surface area (Å²) in [6, 6.07) is 9.56. The van der Waals surface area contributed by atoms with Crippen molar-refractivity contribution in [3.63, 3.8) is 0 Å². The van der Waals surface area contributed by atoms with E-state index in [9.17, 15) is 4.79 Å². The Hall–Kier alpha value is -2.96. The molecular formula is C17H19N5O2. The number of para-hydroxylation sites is 1. The Morgan fingerprint density at radius 2 is 1.92 bits per heavy atom. The molecule has 0 fully saturated rings. The first kappa shape index (κ1) is 15.9. The quantitative estimate of drug-likeness (QED) is 0.753. The minimum atomic E-state index is -0.186. The molecule has 7 heteroatoms. The minimum absolute atomic E-state index is 0.00505. The van der Waals surface area contributed by atoms with Crippen LogP contribution in [0, 0.1) is 0 Å². The molecule has 0 bridgehead atoms. The molecule has 0 radical (unpaired) electrons. The number of amides is 1. The zero-order chi connectivity index (χ0) is 16.9. The van der Waals surface area contributed by atoms with Crippen molar-refractivity contribution in [2.75, 3.05) is 5.32 Å². The fourth-order valence-corrected chi connectivity index (χ4v) is 2.53. The number of hydrogen-bond donors (Lipinski definition) is 1. The number of tetrazole rings is 1. The van der Waals surface area contributed by atoms with Crippen molar-refractivity contribution in [3.05, 3.63) is 47.7 Å². The third-order valence-electron chi connectivity index (χ3n) is 3.74. The highest BCUT2D eigenvalue weighted by atomic mass is 16.3. The van der Waals surface area contributed by atoms with Gasteiger partial charge in [-0.1, -0.05) is 32.0 Å². The fraction of sp³-hybridized carbons (Fsp3) is 0.294. The summed E-state index contributed by atoms with van der Waals surface area (Å²) in [5.41, 5.74) is 3.12. The number of nitrogens with zero attached hydrogens (tertiary/aromatic N) is 4. The van der Waals surface area contributed by atoms with E-state index in [2.05, 4.69) is 34.6 Å². The number of aromatic nitrogens is 4. The van der Waals surface area contributed by atoms with E-state index >= 15 is 0 Å². The molecule has 0 saturated heterocycles. The summed E-state index contributed by atoms with van der Waals surface area (Å²) in [6.07, 6.45) is 3.25. The molecule has 0 aliphatic carbocycles. The number of hydrogen-bond acceptors (Lipinski definition) is 5. The molecule has 7 nitrogen and oxygen atoms in total. The van der Waals surface area contributed by atoms with Crippen LogP contribution in [0.1, 0.15) is 25.0 Å². The van der Waals surface area contributed by atoms with E-state index in [-0.39, 0.29) is 12.5 Å². The van der Waals surface area contributed by atoms with Crippen molar-refractivity contribution in [1.29, 1.82) is 0 Å². The lowest BCUT2D eigenvalue weighted by Crippen LogP contribution is -2.22. The van der Waals surface area contributed by atoms with Gasteiger partial charge in [-0.15, -0.1) is 10.2 Å². The predicted molar refractivity (Wildman–Crippen MR) is 89.3 cm³/mol. The largest absolute Gasteiger partial charge is 0.461 e. The monoisotopic (exact) mass is 325 g/mol. The van der Waals surface area contributed by atoms with Gasteiger partial charge in [0.1, 0.15) is 6.54 Å². The van der Waals surface area contributed by atoms with Gasteiger partial charge in [0, 0.05) is 5.69 Å². The summed E-state index contributed by atoms with van der Waals surface area (Å²) in [5.74, 6) is 0.691. The molecule has 1 aromatic carbocycles. The van der Waals surface area contributed by atoms with Gasteiger partial charge in [-0.05, 0) is 41.3 Å². The maximum atomic E-state index is 12.4. The van der Waals surface area contributed by atoms with E-state index in [4.69, 9.17) is 4.42 Å². The Bertz CT molecular complexity index is 801. The molecule has 2 heterocycles. The highest BCUT2D eigenvalue weighted by Crippen LogP contribution is 2.22. The van der Waals surface area contributed by atoms with Gasteiger partial charge >= 0.3 is 0 Å². The van der Waals surface area contributed by atoms with E-state index in [0.29, 0.717) is 11.6 Å². The second-order valence-electron chi connectivity index (χ2n) is 5.33. The van der Waals surface area contributed by atoms with Gasteiger partial charge in [0.2, 0.25) is 11.7 Å². The molecule has 0 aliphatic rings. The Morgan fingerprint density at radius 1 is 1.17 bits per heavy atom. The number of carbonyl (C=O) groups is 1. The number of aryl methyl sites for hydroxylation is 2. The van der Waals surface area contributed by atoms with E-state index in [0.717, 1.165) is 29.7 Å². The summed E-state index contributed by atoms with van der Waals surface area (Å²) in [6.45, 7) is 4.13. The molecule has 0 aliphatic heterocycles. The van der Waals surface area contributed by atoms with Crippen molar-refractivity contribution in [1.82, 2.24) is 20.2 Å². The maximum absolute atomic E-state index is 12.4. The number of anilines is 1. The Balaban J connectivity index is 1.73. The van der Waals surface area contributed by atoms with Crippen LogP contribution in [0.5, 0.6) is 0 Å². The van der Waals surface area contributed by atoms with Gasteiger partial charge in [-0.3, -0.25) is 4.79 Å². The highest BCUT2D eigenvalue weighted by molar-refractivity contribution is 5.92. The predicted octanol–water partition coefficient (Wildman–Crippen LogP) is 2.70. The fourth-order valence-electron chi connectivity index (χ4n) is 2.53. The lowest BCUT2D eigenvalue weighted by atomic mass is 10.0. The van der Waals surface area contributed by atoms with Crippen LogP contribution in [-0.4, -0.2) is 26.1 Å². The standard InChI is InChI=1S/C17H19N5O2/c1-3-12-7-5-8-13(4-2)16(12)18-15(23)11-22-20-17(19-21-22)14-9-6-10-24-14/h5-10H,3-4,11H2,1-2H3,(H,18,23). The van der Waals surface area contributed by atoms with Crippen molar-refractivity contribution in [2.45, 2.75) is 33.2 Å². The molecule has 2 aromatic heterocycles. The lowest BCUT2D eigenvalue weighted by molar-refractivity contribution is -0.117. The van der Waals surface area contributed by atoms with E-state index in [1.165, 1.54) is 11.1 Å². The first-order valence-corrected chi connectivity index (χ1v) is 7.93. The van der Waals surface area contributed by atoms with Crippen LogP contribution in [-0.2, 0) is 24.2 Å². The number of nitrogens with one attached hydrogen (secondary N) is 1. The van der Waals surface area contributed by atoms with Crippen molar-refractivity contribution >= 4 is 11.6 Å². The lowest BCUT2D eigenvalue weighted by Gasteiger charge is -2.14. The SMILES string of the molecule is CCc1cccc(CC)c1NC(=O)Cn1nnc(-c2ccco2)n1. The molecule has 0 spiro atoms. The molecule has 3 aromatic rings. The smallest absolute Gasteiger partial charge is 0.248 e. The first-order chi connectivity index (χ1) is 11.7. The highest BCUT2D eigenvalue weighted by Gasteiger charge is 2.13. The van der Waals surface area contributed by atoms with Crippen LogP contribution in [0.15, 0.2) is 41.0 Å². The van der Waals surface area contributed by atoms with E-state index < -0.39 is 0 Å². The Morgan fingerprint density at radius 3 is 2.54 bits per heavy atom. The maximum Gasteiger partial charge on any atom is 0.248 e. The van der Waals surface area contributed by atoms with E-state index in [1.807, 2.05) is 18.2 Å². The van der Waals surface area contributed by atoms with Gasteiger partial charge < -0.3 is 9.73 Å². The normalized spacial score (nSPS) is 10.8. The zero-order valence-electron chi connectivity index (χ0n) is 13.7.